The number of benzene rings is 1. The molecule has 0 amide bonds. The number of alkyl halides is 3. The molecule has 4 nitrogen and oxygen atoms in total. The molecule has 2 aromatic rings. The van der Waals surface area contributed by atoms with Gasteiger partial charge in [-0.15, -0.1) is 0 Å². The summed E-state index contributed by atoms with van der Waals surface area (Å²) in [6.07, 6.45) is -4.45. The van der Waals surface area contributed by atoms with Crippen LogP contribution in [0.1, 0.15) is 11.3 Å². The average molecular weight is 238 g/mol. The lowest BCUT2D eigenvalue weighted by atomic mass is 10.2. The van der Waals surface area contributed by atoms with Crippen molar-refractivity contribution in [3.8, 4) is 6.07 Å². The van der Waals surface area contributed by atoms with E-state index in [0.29, 0.717) is 0 Å². The maximum Gasteiger partial charge on any atom is 0.416 e. The highest BCUT2D eigenvalue weighted by molar-refractivity contribution is 5.77. The van der Waals surface area contributed by atoms with Crippen molar-refractivity contribution >= 4 is 16.9 Å². The van der Waals surface area contributed by atoms with E-state index in [1.165, 1.54) is 6.07 Å². The SMILES string of the molecule is N#Cc1nc2cc(C(F)(F)F)ccc2nc1N. The van der Waals surface area contributed by atoms with Crippen LogP contribution in [0.3, 0.4) is 0 Å². The molecular formula is C10H5F3N4. The Kier molecular flexibility index (Phi) is 2.35. The summed E-state index contributed by atoms with van der Waals surface area (Å²) in [7, 11) is 0. The zero-order valence-electron chi connectivity index (χ0n) is 8.28. The van der Waals surface area contributed by atoms with E-state index in [-0.39, 0.29) is 22.5 Å². The van der Waals surface area contributed by atoms with Crippen LogP contribution < -0.4 is 5.73 Å². The number of rotatable bonds is 0. The van der Waals surface area contributed by atoms with Crippen molar-refractivity contribution in [2.45, 2.75) is 6.18 Å². The molecule has 0 aliphatic heterocycles. The van der Waals surface area contributed by atoms with Crippen molar-refractivity contribution in [3.05, 3.63) is 29.5 Å². The maximum atomic E-state index is 12.4. The third-order valence-electron chi connectivity index (χ3n) is 2.12. The predicted octanol–water partition coefficient (Wildman–Crippen LogP) is 2.10. The minimum Gasteiger partial charge on any atom is -0.381 e. The molecule has 0 atom stereocenters. The van der Waals surface area contributed by atoms with E-state index in [1.807, 2.05) is 0 Å². The van der Waals surface area contributed by atoms with Gasteiger partial charge in [0, 0.05) is 0 Å². The Hall–Kier alpha value is -2.36. The topological polar surface area (TPSA) is 75.6 Å². The van der Waals surface area contributed by atoms with Crippen LogP contribution in [0.5, 0.6) is 0 Å². The van der Waals surface area contributed by atoms with Crippen molar-refractivity contribution in [2.75, 3.05) is 5.73 Å². The van der Waals surface area contributed by atoms with Crippen molar-refractivity contribution in [2.24, 2.45) is 0 Å². The highest BCUT2D eigenvalue weighted by Crippen LogP contribution is 2.30. The summed E-state index contributed by atoms with van der Waals surface area (Å²) >= 11 is 0. The molecule has 2 N–H and O–H groups in total. The first kappa shape index (κ1) is 11.1. The largest absolute Gasteiger partial charge is 0.416 e. The van der Waals surface area contributed by atoms with E-state index in [1.54, 1.807) is 6.07 Å². The van der Waals surface area contributed by atoms with Gasteiger partial charge >= 0.3 is 6.18 Å². The number of nitrogen functional groups attached to an aromatic ring is 1. The first-order valence-electron chi connectivity index (χ1n) is 4.46. The second-order valence-corrected chi connectivity index (χ2v) is 3.27. The summed E-state index contributed by atoms with van der Waals surface area (Å²) in [5.74, 6) is -0.0974. The molecule has 0 aliphatic carbocycles. The number of hydrogen-bond donors (Lipinski definition) is 1. The van der Waals surface area contributed by atoms with Crippen LogP contribution in [0.25, 0.3) is 11.0 Å². The molecular weight excluding hydrogens is 233 g/mol. The third-order valence-corrected chi connectivity index (χ3v) is 2.12. The lowest BCUT2D eigenvalue weighted by Crippen LogP contribution is -2.05. The minimum atomic E-state index is -4.45. The minimum absolute atomic E-state index is 0.00873. The number of nitriles is 1. The fraction of sp³-hybridized carbons (Fsp3) is 0.100. The van der Waals surface area contributed by atoms with Gasteiger partial charge in [-0.2, -0.15) is 18.4 Å². The van der Waals surface area contributed by atoms with E-state index >= 15 is 0 Å². The average Bonchev–Trinajstić information content (AvgIpc) is 2.26. The van der Waals surface area contributed by atoms with E-state index in [0.717, 1.165) is 12.1 Å². The maximum absolute atomic E-state index is 12.4. The third kappa shape index (κ3) is 1.97. The van der Waals surface area contributed by atoms with E-state index in [4.69, 9.17) is 11.0 Å². The van der Waals surface area contributed by atoms with E-state index in [2.05, 4.69) is 9.97 Å². The monoisotopic (exact) mass is 238 g/mol. The zero-order chi connectivity index (χ0) is 12.6. The van der Waals surface area contributed by atoms with Gasteiger partial charge in [-0.3, -0.25) is 0 Å². The van der Waals surface area contributed by atoms with Gasteiger partial charge in [0.1, 0.15) is 6.07 Å². The molecule has 0 fully saturated rings. The summed E-state index contributed by atoms with van der Waals surface area (Å²) in [5.41, 5.74) is 4.59. The molecule has 17 heavy (non-hydrogen) atoms. The number of halogens is 3. The molecule has 1 aromatic heterocycles. The zero-order valence-corrected chi connectivity index (χ0v) is 8.28. The summed E-state index contributed by atoms with van der Waals surface area (Å²) in [6, 6.07) is 4.56. The molecule has 0 spiro atoms. The highest BCUT2D eigenvalue weighted by Gasteiger charge is 2.30. The summed E-state index contributed by atoms with van der Waals surface area (Å²) in [4.78, 5) is 7.51. The molecule has 0 bridgehead atoms. The van der Waals surface area contributed by atoms with Crippen molar-refractivity contribution in [1.29, 1.82) is 5.26 Å². The molecule has 1 aromatic carbocycles. The fourth-order valence-electron chi connectivity index (χ4n) is 1.33. The number of hydrogen-bond acceptors (Lipinski definition) is 4. The number of anilines is 1. The number of fused-ring (bicyclic) bond motifs is 1. The molecule has 0 saturated carbocycles. The molecule has 0 radical (unpaired) electrons. The van der Waals surface area contributed by atoms with Gasteiger partial charge in [-0.25, -0.2) is 9.97 Å². The predicted molar refractivity (Wildman–Crippen MR) is 53.7 cm³/mol. The van der Waals surface area contributed by atoms with Crippen LogP contribution in [0.15, 0.2) is 18.2 Å². The molecule has 86 valence electrons. The fourth-order valence-corrected chi connectivity index (χ4v) is 1.33. The lowest BCUT2D eigenvalue weighted by molar-refractivity contribution is -0.137. The van der Waals surface area contributed by atoms with Gasteiger partial charge in [-0.05, 0) is 18.2 Å². The highest BCUT2D eigenvalue weighted by atomic mass is 19.4. The Morgan fingerprint density at radius 3 is 2.47 bits per heavy atom. The van der Waals surface area contributed by atoms with E-state index in [9.17, 15) is 13.2 Å². The molecule has 0 aliphatic rings. The van der Waals surface area contributed by atoms with Crippen molar-refractivity contribution < 1.29 is 13.2 Å². The Labute approximate surface area is 93.5 Å². The van der Waals surface area contributed by atoms with Gasteiger partial charge in [0.05, 0.1) is 16.6 Å². The second-order valence-electron chi connectivity index (χ2n) is 3.27. The normalized spacial score (nSPS) is 11.4. The summed E-state index contributed by atoms with van der Waals surface area (Å²) in [5, 5.41) is 8.65. The van der Waals surface area contributed by atoms with Crippen LogP contribution in [0.4, 0.5) is 19.0 Å². The molecule has 2 rings (SSSR count). The van der Waals surface area contributed by atoms with Crippen LogP contribution >= 0.6 is 0 Å². The van der Waals surface area contributed by atoms with Crippen LogP contribution in [0, 0.1) is 11.3 Å². The van der Waals surface area contributed by atoms with Gasteiger partial charge in [0.25, 0.3) is 0 Å². The van der Waals surface area contributed by atoms with Gasteiger partial charge in [-0.1, -0.05) is 0 Å². The first-order valence-corrected chi connectivity index (χ1v) is 4.46. The standard InChI is InChI=1S/C10H5F3N4/c11-10(12,13)5-1-2-6-7(3-5)16-8(4-14)9(15)17-6/h1-3H,(H2,15,17). The molecule has 1 heterocycles. The number of nitrogens with zero attached hydrogens (tertiary/aromatic N) is 3. The van der Waals surface area contributed by atoms with Crippen LogP contribution in [0.2, 0.25) is 0 Å². The van der Waals surface area contributed by atoms with Gasteiger partial charge in [0.15, 0.2) is 11.5 Å². The molecule has 7 heteroatoms. The summed E-state index contributed by atoms with van der Waals surface area (Å²) < 4.78 is 37.3. The number of aromatic nitrogens is 2. The first-order chi connectivity index (χ1) is 7.91. The Morgan fingerprint density at radius 1 is 1.18 bits per heavy atom. The smallest absolute Gasteiger partial charge is 0.381 e. The summed E-state index contributed by atoms with van der Waals surface area (Å²) in [6.45, 7) is 0. The molecule has 0 saturated heterocycles. The van der Waals surface area contributed by atoms with Crippen LogP contribution in [-0.4, -0.2) is 9.97 Å². The quantitative estimate of drug-likeness (QED) is 0.762. The lowest BCUT2D eigenvalue weighted by Gasteiger charge is -2.07. The second kappa shape index (κ2) is 3.59. The van der Waals surface area contributed by atoms with Crippen LogP contribution in [-0.2, 0) is 6.18 Å². The van der Waals surface area contributed by atoms with Crippen molar-refractivity contribution in [3.63, 3.8) is 0 Å². The molecule has 0 unspecified atom stereocenters. The Balaban J connectivity index is 2.70. The Bertz CT molecular complexity index is 628. The number of nitrogens with two attached hydrogens (primary N) is 1. The van der Waals surface area contributed by atoms with Crippen molar-refractivity contribution in [1.82, 2.24) is 9.97 Å². The van der Waals surface area contributed by atoms with Gasteiger partial charge < -0.3 is 5.73 Å². The van der Waals surface area contributed by atoms with Gasteiger partial charge in [0.2, 0.25) is 0 Å². The van der Waals surface area contributed by atoms with E-state index < -0.39 is 11.7 Å². The Morgan fingerprint density at radius 2 is 1.88 bits per heavy atom.